The van der Waals surface area contributed by atoms with Crippen LogP contribution in [0.4, 0.5) is 5.69 Å². The minimum absolute atomic E-state index is 0.0886. The third kappa shape index (κ3) is 5.69. The number of carbonyl (C=O) groups excluding carboxylic acids is 4. The first kappa shape index (κ1) is 36.7. The van der Waals surface area contributed by atoms with Crippen LogP contribution in [0.15, 0.2) is 63.9 Å². The molecule has 2 fully saturated rings. The van der Waals surface area contributed by atoms with Crippen LogP contribution in [0.2, 0.25) is 0 Å². The maximum absolute atomic E-state index is 14.8. The fourth-order valence-electron chi connectivity index (χ4n) is 9.96. The van der Waals surface area contributed by atoms with Crippen LogP contribution >= 0.6 is 15.9 Å². The van der Waals surface area contributed by atoms with E-state index >= 15 is 0 Å². The second-order valence-corrected chi connectivity index (χ2v) is 17.6. The zero-order chi connectivity index (χ0) is 39.2. The average molecular weight is 815 g/mol. The molecule has 1 aliphatic heterocycles. The highest BCUT2D eigenvalue weighted by Gasteiger charge is 2.45. The van der Waals surface area contributed by atoms with E-state index in [1.807, 2.05) is 0 Å². The lowest BCUT2D eigenvalue weighted by atomic mass is 9.76. The largest absolute Gasteiger partial charge is 0.488 e. The summed E-state index contributed by atoms with van der Waals surface area (Å²) in [4.78, 5) is 81.0. The van der Waals surface area contributed by atoms with E-state index in [0.29, 0.717) is 21.8 Å². The Labute approximate surface area is 333 Å². The van der Waals surface area contributed by atoms with Crippen molar-refractivity contribution in [2.75, 3.05) is 4.90 Å². The molecule has 2 heterocycles. The predicted octanol–water partition coefficient (Wildman–Crippen LogP) is 10.2. The van der Waals surface area contributed by atoms with Gasteiger partial charge >= 0.3 is 0 Å². The van der Waals surface area contributed by atoms with E-state index in [9.17, 15) is 24.0 Å². The predicted molar refractivity (Wildman–Crippen MR) is 220 cm³/mol. The van der Waals surface area contributed by atoms with Gasteiger partial charge in [0.15, 0.2) is 11.6 Å². The molecule has 1 aromatic heterocycles. The highest BCUT2D eigenvalue weighted by Crippen LogP contribution is 2.48. The van der Waals surface area contributed by atoms with Crippen LogP contribution in [-0.4, -0.2) is 39.5 Å². The Morgan fingerprint density at radius 3 is 2.11 bits per heavy atom. The highest BCUT2D eigenvalue weighted by atomic mass is 79.9. The lowest BCUT2D eigenvalue weighted by Crippen LogP contribution is -2.42. The van der Waals surface area contributed by atoms with Gasteiger partial charge in [0.2, 0.25) is 0 Å². The van der Waals surface area contributed by atoms with Crippen LogP contribution in [0.3, 0.4) is 0 Å². The number of imide groups is 1. The molecule has 9 rings (SSSR count). The summed E-state index contributed by atoms with van der Waals surface area (Å²) in [6.07, 6.45) is 8.54. The van der Waals surface area contributed by atoms with Crippen LogP contribution in [0.25, 0.3) is 21.7 Å². The number of nitrogens with one attached hydrogen (secondary N) is 1. The van der Waals surface area contributed by atoms with E-state index in [2.05, 4.69) is 66.8 Å². The fourth-order valence-corrected chi connectivity index (χ4v) is 10.6. The maximum Gasteiger partial charge on any atom is 0.267 e. The number of para-hydroxylation sites is 1. The van der Waals surface area contributed by atoms with Gasteiger partial charge in [0, 0.05) is 31.9 Å². The molecular weight excluding hydrogens is 770 g/mol. The van der Waals surface area contributed by atoms with E-state index in [0.717, 1.165) is 62.5 Å². The van der Waals surface area contributed by atoms with Gasteiger partial charge in [-0.05, 0) is 113 Å². The molecular formula is C46H44BrN3O6. The second kappa shape index (κ2) is 13.9. The normalized spacial score (nSPS) is 18.9. The lowest BCUT2D eigenvalue weighted by molar-refractivity contribution is 0.0842. The minimum atomic E-state index is -1.46. The van der Waals surface area contributed by atoms with Crippen molar-refractivity contribution in [1.29, 1.82) is 0 Å². The number of nitrogens with zero attached hydrogens (tertiary/aromatic N) is 2. The first-order chi connectivity index (χ1) is 26.9. The molecule has 0 spiro atoms. The van der Waals surface area contributed by atoms with Crippen molar-refractivity contribution in [3.05, 3.63) is 109 Å². The van der Waals surface area contributed by atoms with E-state index in [1.54, 1.807) is 36.4 Å². The number of halogens is 1. The number of hydrogen-bond acceptors (Lipinski definition) is 7. The molecule has 0 bridgehead atoms. The van der Waals surface area contributed by atoms with E-state index in [-0.39, 0.29) is 73.6 Å². The number of ketones is 2. The molecule has 286 valence electrons. The number of anilines is 1. The van der Waals surface area contributed by atoms with Crippen molar-refractivity contribution in [2.24, 2.45) is 11.8 Å². The van der Waals surface area contributed by atoms with Crippen LogP contribution < -0.4 is 15.2 Å². The Morgan fingerprint density at radius 1 is 0.750 bits per heavy atom. The van der Waals surface area contributed by atoms with E-state index in [4.69, 9.17) is 9.72 Å². The van der Waals surface area contributed by atoms with Gasteiger partial charge in [-0.2, -0.15) is 0 Å². The summed E-state index contributed by atoms with van der Waals surface area (Å²) in [6, 6.07) is 16.2. The van der Waals surface area contributed by atoms with Gasteiger partial charge in [0.1, 0.15) is 29.1 Å². The molecule has 1 N–H and O–H groups in total. The molecule has 2 saturated carbocycles. The molecule has 0 saturated heterocycles. The molecule has 3 aliphatic carbocycles. The number of H-pyrrole nitrogens is 1. The average Bonchev–Trinajstić information content (AvgIpc) is 3.91. The summed E-state index contributed by atoms with van der Waals surface area (Å²) in [6.45, 7) is 8.25. The quantitative estimate of drug-likeness (QED) is 0.122. The van der Waals surface area contributed by atoms with Gasteiger partial charge in [0.25, 0.3) is 17.4 Å². The first-order valence-corrected chi connectivity index (χ1v) is 20.8. The summed E-state index contributed by atoms with van der Waals surface area (Å²) in [7, 11) is 0. The summed E-state index contributed by atoms with van der Waals surface area (Å²) < 4.78 is 6.78. The fraction of sp³-hybridized carbons (Fsp3) is 0.391. The van der Waals surface area contributed by atoms with Gasteiger partial charge in [-0.25, -0.2) is 9.88 Å². The molecule has 4 aliphatic rings. The zero-order valence-electron chi connectivity index (χ0n) is 32.0. The Morgan fingerprint density at radius 2 is 1.41 bits per heavy atom. The first-order valence-electron chi connectivity index (χ1n) is 20.0. The standard InChI is InChI=1S/C46H44BrN3O6/c1-22(2)42(23(3)4)56-34-15-9-14-30-39(34)48-43(49-44(30)53)38-40(51)28-18-19-29-36-35(28)31(41(38)52)21-32(47)37(36)46(55)50(45(29)54)33-20-26(24-10-5-6-11-24)16-17-27(33)25-12-7-8-13-25/h9,14-25,38,42H,5-8,10-13H2,1-4H3,(H,48,49,53). The SMILES string of the molecule is CC(C)C(Oc1cccc2c(=O)[nH]c(C3C(=O)c4ccc5c6c(c(Br)cc(c46)C3=O)C(=O)N(c3cc(C4CCCC4)ccc3C3CCCC3)C5=O)nc12)C(C)C. The number of aromatic nitrogens is 2. The van der Waals surface area contributed by atoms with Gasteiger partial charge in [-0.1, -0.05) is 71.6 Å². The molecule has 9 nitrogen and oxygen atoms in total. The van der Waals surface area contributed by atoms with Crippen molar-refractivity contribution in [1.82, 2.24) is 9.97 Å². The highest BCUT2D eigenvalue weighted by molar-refractivity contribution is 9.10. The summed E-state index contributed by atoms with van der Waals surface area (Å²) >= 11 is 3.63. The van der Waals surface area contributed by atoms with Crippen molar-refractivity contribution >= 4 is 66.7 Å². The molecule has 1 atom stereocenters. The van der Waals surface area contributed by atoms with Crippen molar-refractivity contribution in [3.63, 3.8) is 0 Å². The number of benzene rings is 4. The number of carbonyl (C=O) groups is 4. The Balaban J connectivity index is 1.16. The molecule has 56 heavy (non-hydrogen) atoms. The van der Waals surface area contributed by atoms with Crippen LogP contribution in [0, 0.1) is 11.8 Å². The molecule has 5 aromatic rings. The van der Waals surface area contributed by atoms with Gasteiger partial charge in [0.05, 0.1) is 16.6 Å². The van der Waals surface area contributed by atoms with Crippen LogP contribution in [0.5, 0.6) is 5.75 Å². The van der Waals surface area contributed by atoms with Crippen LogP contribution in [-0.2, 0) is 0 Å². The van der Waals surface area contributed by atoms with Gasteiger partial charge in [-0.3, -0.25) is 24.0 Å². The van der Waals surface area contributed by atoms with Crippen molar-refractivity contribution in [3.8, 4) is 5.75 Å². The van der Waals surface area contributed by atoms with E-state index in [1.165, 1.54) is 4.90 Å². The summed E-state index contributed by atoms with van der Waals surface area (Å²) in [5, 5.41) is 0.839. The molecule has 4 aromatic carbocycles. The van der Waals surface area contributed by atoms with E-state index < -0.39 is 34.9 Å². The zero-order valence-corrected chi connectivity index (χ0v) is 33.6. The van der Waals surface area contributed by atoms with Gasteiger partial charge < -0.3 is 9.72 Å². The smallest absolute Gasteiger partial charge is 0.267 e. The minimum Gasteiger partial charge on any atom is -0.488 e. The number of ether oxygens (including phenoxy) is 1. The number of Topliss-reactive ketones (excluding diaryl/α,β-unsaturated/α-hetero) is 2. The van der Waals surface area contributed by atoms with Gasteiger partial charge in [-0.15, -0.1) is 0 Å². The second-order valence-electron chi connectivity index (χ2n) is 16.8. The number of aromatic amines is 1. The van der Waals surface area contributed by atoms with Crippen molar-refractivity contribution in [2.45, 2.75) is 103 Å². The lowest BCUT2D eigenvalue weighted by Gasteiger charge is -2.33. The summed E-state index contributed by atoms with van der Waals surface area (Å²) in [5.74, 6) is -2.27. The molecule has 0 radical (unpaired) electrons. The third-order valence-corrected chi connectivity index (χ3v) is 13.3. The number of amides is 2. The molecule has 1 unspecified atom stereocenters. The number of hydrogen-bond donors (Lipinski definition) is 1. The Hall–Kier alpha value is -4.96. The molecule has 2 amide bonds. The van der Waals surface area contributed by atoms with Crippen molar-refractivity contribution < 1.29 is 23.9 Å². The topological polar surface area (TPSA) is 127 Å². The maximum atomic E-state index is 14.8. The molecule has 10 heteroatoms. The monoisotopic (exact) mass is 813 g/mol. The number of rotatable bonds is 8. The third-order valence-electron chi connectivity index (χ3n) is 12.6. The summed E-state index contributed by atoms with van der Waals surface area (Å²) in [5.41, 5.74) is 3.43. The van der Waals surface area contributed by atoms with Crippen LogP contribution in [0.1, 0.15) is 155 Å². The Kier molecular flexibility index (Phi) is 9.10. The Bertz CT molecular complexity index is 2570. The number of fused-ring (bicyclic) bond motifs is 1.